The molecule has 3 aromatic rings. The minimum Gasteiger partial charge on any atom is -0.343 e. The van der Waals surface area contributed by atoms with Crippen molar-refractivity contribution in [2.24, 2.45) is 0 Å². The normalized spacial score (nSPS) is 12.4. The number of nitro benzene ring substituents is 1. The summed E-state index contributed by atoms with van der Waals surface area (Å²) in [5.41, 5.74) is 1.71. The molecule has 0 bridgehead atoms. The average molecular weight is 386 g/mol. The number of rotatable bonds is 5. The molecule has 0 aliphatic heterocycles. The molecule has 142 valence electrons. The van der Waals surface area contributed by atoms with Crippen LogP contribution in [0.1, 0.15) is 31.9 Å². The summed E-state index contributed by atoms with van der Waals surface area (Å²) in [6, 6.07) is 14.6. The van der Waals surface area contributed by atoms with Gasteiger partial charge in [0.2, 0.25) is 0 Å². The third-order valence-corrected chi connectivity index (χ3v) is 7.21. The van der Waals surface area contributed by atoms with Crippen molar-refractivity contribution in [1.82, 2.24) is 4.57 Å². The van der Waals surface area contributed by atoms with E-state index in [0.717, 1.165) is 10.9 Å². The molecule has 2 aromatic carbocycles. The van der Waals surface area contributed by atoms with Crippen LogP contribution in [-0.4, -0.2) is 22.7 Å². The summed E-state index contributed by atoms with van der Waals surface area (Å²) in [4.78, 5) is 11.1. The van der Waals surface area contributed by atoms with Gasteiger partial charge in [0, 0.05) is 24.2 Å². The molecule has 0 unspecified atom stereocenters. The SMILES string of the molecule is CC(C)(C)S(=O)(=O)Cc1c([N+](=O)[O-])ccc2ccn(Cc3ccccc3)c12. The van der Waals surface area contributed by atoms with E-state index in [1.807, 2.05) is 47.2 Å². The van der Waals surface area contributed by atoms with Crippen molar-refractivity contribution in [3.63, 3.8) is 0 Å². The molecule has 1 heterocycles. The van der Waals surface area contributed by atoms with E-state index in [1.54, 1.807) is 26.8 Å². The van der Waals surface area contributed by atoms with E-state index in [9.17, 15) is 18.5 Å². The molecule has 27 heavy (non-hydrogen) atoms. The van der Waals surface area contributed by atoms with Crippen LogP contribution in [0.4, 0.5) is 5.69 Å². The van der Waals surface area contributed by atoms with Crippen LogP contribution in [0.3, 0.4) is 0 Å². The Hall–Kier alpha value is -2.67. The number of hydrogen-bond acceptors (Lipinski definition) is 4. The van der Waals surface area contributed by atoms with Crippen LogP contribution in [0.2, 0.25) is 0 Å². The van der Waals surface area contributed by atoms with Gasteiger partial charge in [-0.2, -0.15) is 0 Å². The highest BCUT2D eigenvalue weighted by molar-refractivity contribution is 7.92. The maximum Gasteiger partial charge on any atom is 0.275 e. The fraction of sp³-hybridized carbons (Fsp3) is 0.300. The zero-order valence-electron chi connectivity index (χ0n) is 15.5. The van der Waals surface area contributed by atoms with Crippen molar-refractivity contribution >= 4 is 26.4 Å². The van der Waals surface area contributed by atoms with Gasteiger partial charge in [-0.25, -0.2) is 8.42 Å². The zero-order valence-corrected chi connectivity index (χ0v) is 16.4. The number of nitro groups is 1. The predicted octanol–water partition coefficient (Wildman–Crippen LogP) is 4.31. The predicted molar refractivity (Wildman–Crippen MR) is 107 cm³/mol. The highest BCUT2D eigenvalue weighted by Gasteiger charge is 2.33. The third kappa shape index (κ3) is 3.73. The molecule has 1 aromatic heterocycles. The molecule has 0 aliphatic carbocycles. The smallest absolute Gasteiger partial charge is 0.275 e. The van der Waals surface area contributed by atoms with E-state index in [4.69, 9.17) is 0 Å². The van der Waals surface area contributed by atoms with Crippen LogP contribution in [-0.2, 0) is 22.1 Å². The van der Waals surface area contributed by atoms with Crippen molar-refractivity contribution in [3.8, 4) is 0 Å². The molecule has 0 radical (unpaired) electrons. The van der Waals surface area contributed by atoms with Gasteiger partial charge in [0.1, 0.15) is 0 Å². The Kier molecular flexibility index (Phi) is 4.82. The number of benzene rings is 2. The van der Waals surface area contributed by atoms with Crippen molar-refractivity contribution in [3.05, 3.63) is 76.0 Å². The number of hydrogen-bond donors (Lipinski definition) is 0. The second-order valence-electron chi connectivity index (χ2n) is 7.56. The van der Waals surface area contributed by atoms with Gasteiger partial charge in [-0.3, -0.25) is 10.1 Å². The van der Waals surface area contributed by atoms with E-state index >= 15 is 0 Å². The molecule has 6 nitrogen and oxygen atoms in total. The summed E-state index contributed by atoms with van der Waals surface area (Å²) in [6.45, 7) is 5.33. The second kappa shape index (κ2) is 6.81. The molecule has 0 spiro atoms. The Labute approximate surface area is 158 Å². The van der Waals surface area contributed by atoms with Gasteiger partial charge in [0.15, 0.2) is 9.84 Å². The van der Waals surface area contributed by atoms with Gasteiger partial charge in [-0.1, -0.05) is 30.3 Å². The van der Waals surface area contributed by atoms with Gasteiger partial charge in [-0.15, -0.1) is 0 Å². The lowest BCUT2D eigenvalue weighted by molar-refractivity contribution is -0.385. The van der Waals surface area contributed by atoms with Crippen LogP contribution >= 0.6 is 0 Å². The standard InChI is InChI=1S/C20H22N2O4S/c1-20(2,3)27(25,26)14-17-18(22(23)24)10-9-16-11-12-21(19(16)17)13-15-7-5-4-6-8-15/h4-12H,13-14H2,1-3H3. The Morgan fingerprint density at radius 2 is 1.70 bits per heavy atom. The summed E-state index contributed by atoms with van der Waals surface area (Å²) in [6.07, 6.45) is 1.84. The molecule has 0 saturated carbocycles. The summed E-state index contributed by atoms with van der Waals surface area (Å²) in [5.74, 6) is -0.372. The fourth-order valence-electron chi connectivity index (χ4n) is 2.99. The van der Waals surface area contributed by atoms with Crippen molar-refractivity contribution in [2.75, 3.05) is 0 Å². The molecule has 0 saturated heterocycles. The minimum absolute atomic E-state index is 0.164. The Balaban J connectivity index is 2.21. The van der Waals surface area contributed by atoms with E-state index in [0.29, 0.717) is 12.1 Å². The molecular formula is C20H22N2O4S. The fourth-order valence-corrected chi connectivity index (χ4v) is 4.09. The first kappa shape index (κ1) is 19.1. The van der Waals surface area contributed by atoms with E-state index in [1.165, 1.54) is 6.07 Å². The van der Waals surface area contributed by atoms with Crippen LogP contribution in [0.5, 0.6) is 0 Å². The molecule has 0 fully saturated rings. The van der Waals surface area contributed by atoms with Crippen molar-refractivity contribution in [1.29, 1.82) is 0 Å². The Morgan fingerprint density at radius 1 is 1.04 bits per heavy atom. The lowest BCUT2D eigenvalue weighted by Crippen LogP contribution is -2.29. The summed E-state index contributed by atoms with van der Waals surface area (Å²) < 4.78 is 26.5. The molecule has 0 amide bonds. The monoisotopic (exact) mass is 386 g/mol. The minimum atomic E-state index is -3.58. The highest BCUT2D eigenvalue weighted by Crippen LogP contribution is 2.33. The van der Waals surface area contributed by atoms with Crippen LogP contribution in [0.25, 0.3) is 10.9 Å². The van der Waals surface area contributed by atoms with E-state index < -0.39 is 19.5 Å². The first-order valence-corrected chi connectivity index (χ1v) is 10.3. The maximum absolute atomic E-state index is 12.8. The summed E-state index contributed by atoms with van der Waals surface area (Å²) in [5, 5.41) is 12.4. The third-order valence-electron chi connectivity index (χ3n) is 4.67. The topological polar surface area (TPSA) is 82.2 Å². The van der Waals surface area contributed by atoms with E-state index in [-0.39, 0.29) is 17.0 Å². The quantitative estimate of drug-likeness (QED) is 0.483. The molecule has 0 N–H and O–H groups in total. The zero-order chi connectivity index (χ0) is 19.8. The first-order chi connectivity index (χ1) is 12.6. The molecule has 7 heteroatoms. The van der Waals surface area contributed by atoms with Gasteiger partial charge in [0.25, 0.3) is 5.69 Å². The summed E-state index contributed by atoms with van der Waals surface area (Å²) >= 11 is 0. The molecule has 0 aliphatic rings. The lowest BCUT2D eigenvalue weighted by atomic mass is 10.1. The highest BCUT2D eigenvalue weighted by atomic mass is 32.2. The molecule has 3 rings (SSSR count). The van der Waals surface area contributed by atoms with E-state index in [2.05, 4.69) is 0 Å². The molecule has 0 atom stereocenters. The van der Waals surface area contributed by atoms with Crippen molar-refractivity contribution < 1.29 is 13.3 Å². The average Bonchev–Trinajstić information content (AvgIpc) is 2.98. The van der Waals surface area contributed by atoms with Crippen LogP contribution in [0.15, 0.2) is 54.7 Å². The number of fused-ring (bicyclic) bond motifs is 1. The van der Waals surface area contributed by atoms with Gasteiger partial charge >= 0.3 is 0 Å². The lowest BCUT2D eigenvalue weighted by Gasteiger charge is -2.20. The Morgan fingerprint density at radius 3 is 2.30 bits per heavy atom. The van der Waals surface area contributed by atoms with Gasteiger partial charge < -0.3 is 4.57 Å². The first-order valence-electron chi connectivity index (χ1n) is 8.61. The second-order valence-corrected chi connectivity index (χ2v) is 10.3. The van der Waals surface area contributed by atoms with Crippen molar-refractivity contribution in [2.45, 2.75) is 37.8 Å². The largest absolute Gasteiger partial charge is 0.343 e. The molecular weight excluding hydrogens is 364 g/mol. The van der Waals surface area contributed by atoms with Crippen LogP contribution in [0, 0.1) is 10.1 Å². The Bertz CT molecular complexity index is 1090. The van der Waals surface area contributed by atoms with Gasteiger partial charge in [-0.05, 0) is 38.5 Å². The number of aromatic nitrogens is 1. The number of nitrogens with zero attached hydrogens (tertiary/aromatic N) is 2. The summed E-state index contributed by atoms with van der Waals surface area (Å²) in [7, 11) is -3.58. The van der Waals surface area contributed by atoms with Gasteiger partial charge in [0.05, 0.1) is 26.5 Å². The maximum atomic E-state index is 12.8. The number of sulfone groups is 1. The van der Waals surface area contributed by atoms with Crippen LogP contribution < -0.4 is 0 Å².